The van der Waals surface area contributed by atoms with Gasteiger partial charge in [-0.2, -0.15) is 55.0 Å². The van der Waals surface area contributed by atoms with E-state index in [1.807, 2.05) is 0 Å². The molecule has 0 radical (unpaired) electrons. The third-order valence-corrected chi connectivity index (χ3v) is 9.59. The Morgan fingerprint density at radius 2 is 1.49 bits per heavy atom. The molecule has 0 bridgehead atoms. The van der Waals surface area contributed by atoms with Crippen LogP contribution < -0.4 is 16.4 Å². The molecule has 26 heteroatoms. The van der Waals surface area contributed by atoms with Gasteiger partial charge in [-0.3, -0.25) is 9.59 Å². The van der Waals surface area contributed by atoms with Crippen molar-refractivity contribution in [3.63, 3.8) is 0 Å². The Bertz CT molecular complexity index is 2490. The van der Waals surface area contributed by atoms with Crippen LogP contribution in [0, 0.1) is 18.3 Å². The fraction of sp³-hybridized carbons (Fsp3) is 0.212. The minimum absolute atomic E-state index is 0.0111. The highest BCUT2D eigenvalue weighted by molar-refractivity contribution is 7.86. The molecule has 1 atom stereocenters. The SMILES string of the molecule is Cc1cc(Cl)cc(C(=O)NC(C)C)c1NC(=O)c1cc(C(F)(F)F)nn1-c1ncccc1Cl.N#Cc1nn(-c2c(Cl)cc(C(F)(F)F)cc2Cl)c(N)c1S(=O)C(F)(F)F. The van der Waals surface area contributed by atoms with Crippen molar-refractivity contribution in [1.29, 1.82) is 5.26 Å². The van der Waals surface area contributed by atoms with Crippen LogP contribution in [-0.2, 0) is 23.2 Å². The lowest BCUT2D eigenvalue weighted by atomic mass is 10.1. The lowest BCUT2D eigenvalue weighted by Crippen LogP contribution is -2.31. The number of rotatable bonds is 7. The van der Waals surface area contributed by atoms with Gasteiger partial charge in [0.1, 0.15) is 28.2 Å². The average molecular weight is 937 g/mol. The van der Waals surface area contributed by atoms with Gasteiger partial charge in [-0.25, -0.2) is 18.6 Å². The van der Waals surface area contributed by atoms with Crippen LogP contribution >= 0.6 is 46.4 Å². The van der Waals surface area contributed by atoms with Crippen molar-refractivity contribution in [3.8, 4) is 17.6 Å². The average Bonchev–Trinajstić information content (AvgIpc) is 3.70. The van der Waals surface area contributed by atoms with E-state index in [1.165, 1.54) is 36.5 Å². The van der Waals surface area contributed by atoms with Crippen LogP contribution in [-0.4, -0.2) is 52.1 Å². The van der Waals surface area contributed by atoms with E-state index in [1.54, 1.807) is 20.8 Å². The highest BCUT2D eigenvalue weighted by Crippen LogP contribution is 2.40. The molecule has 3 aromatic heterocycles. The summed E-state index contributed by atoms with van der Waals surface area (Å²) in [5.74, 6) is -2.53. The second-order valence-corrected chi connectivity index (χ2v) is 15.0. The molecule has 0 aliphatic rings. The summed E-state index contributed by atoms with van der Waals surface area (Å²) in [6.45, 7) is 5.10. The summed E-state index contributed by atoms with van der Waals surface area (Å²) in [4.78, 5) is 28.6. The van der Waals surface area contributed by atoms with Crippen LogP contribution in [0.3, 0.4) is 0 Å². The molecule has 3 heterocycles. The molecule has 1 unspecified atom stereocenters. The summed E-state index contributed by atoms with van der Waals surface area (Å²) in [5.41, 5.74) is -3.62. The van der Waals surface area contributed by atoms with Crippen molar-refractivity contribution < 1.29 is 53.3 Å². The van der Waals surface area contributed by atoms with Crippen molar-refractivity contribution in [2.24, 2.45) is 0 Å². The molecule has 0 aliphatic heterocycles. The molecule has 314 valence electrons. The number of hydrogen-bond donors (Lipinski definition) is 3. The first-order chi connectivity index (χ1) is 27.2. The maximum absolute atomic E-state index is 13.4. The van der Waals surface area contributed by atoms with Gasteiger partial charge in [0.15, 0.2) is 28.0 Å². The molecule has 2 amide bonds. The Balaban J connectivity index is 0.000000268. The van der Waals surface area contributed by atoms with Crippen LogP contribution in [0.1, 0.15) is 57.2 Å². The normalized spacial score (nSPS) is 12.4. The molecule has 2 aromatic carbocycles. The monoisotopic (exact) mass is 935 g/mol. The minimum atomic E-state index is -5.25. The number of pyridine rings is 1. The van der Waals surface area contributed by atoms with Gasteiger partial charge in [-0.1, -0.05) is 46.4 Å². The number of carbonyl (C=O) groups is 2. The number of nitrogens with one attached hydrogen (secondary N) is 2. The number of aryl methyl sites for hydroxylation is 1. The minimum Gasteiger partial charge on any atom is -0.383 e. The van der Waals surface area contributed by atoms with Crippen LogP contribution in [0.25, 0.3) is 11.5 Å². The predicted molar refractivity (Wildman–Crippen MR) is 198 cm³/mol. The number of nitrogen functional groups attached to an aromatic ring is 1. The highest BCUT2D eigenvalue weighted by Gasteiger charge is 2.43. The number of halogens is 13. The summed E-state index contributed by atoms with van der Waals surface area (Å²) in [7, 11) is -3.71. The molecule has 0 aliphatic carbocycles. The second-order valence-electron chi connectivity index (χ2n) is 11.9. The molecule has 0 spiro atoms. The number of hydrogen-bond acceptors (Lipinski definition) is 8. The van der Waals surface area contributed by atoms with E-state index in [0.717, 1.165) is 0 Å². The molecule has 0 fully saturated rings. The zero-order valence-electron chi connectivity index (χ0n) is 29.5. The second kappa shape index (κ2) is 17.6. The predicted octanol–water partition coefficient (Wildman–Crippen LogP) is 9.57. The van der Waals surface area contributed by atoms with Crippen molar-refractivity contribution in [1.82, 2.24) is 29.9 Å². The number of anilines is 2. The van der Waals surface area contributed by atoms with Crippen LogP contribution in [0.5, 0.6) is 0 Å². The van der Waals surface area contributed by atoms with Gasteiger partial charge in [-0.15, -0.1) is 0 Å². The molecule has 0 saturated heterocycles. The van der Waals surface area contributed by atoms with Gasteiger partial charge in [0, 0.05) is 23.3 Å². The fourth-order valence-electron chi connectivity index (χ4n) is 4.87. The van der Waals surface area contributed by atoms with E-state index >= 15 is 0 Å². The molecule has 5 rings (SSSR count). The lowest BCUT2D eigenvalue weighted by Gasteiger charge is -2.16. The summed E-state index contributed by atoms with van der Waals surface area (Å²) in [5, 5.41) is 20.0. The molecule has 59 heavy (non-hydrogen) atoms. The third kappa shape index (κ3) is 10.6. The summed E-state index contributed by atoms with van der Waals surface area (Å²) in [6.07, 6.45) is -8.31. The van der Waals surface area contributed by atoms with Gasteiger partial charge in [-0.05, 0) is 62.7 Å². The van der Waals surface area contributed by atoms with Crippen LogP contribution in [0.15, 0.2) is 53.6 Å². The maximum atomic E-state index is 13.4. The zero-order valence-corrected chi connectivity index (χ0v) is 33.3. The summed E-state index contributed by atoms with van der Waals surface area (Å²) in [6, 6.07) is 8.32. The zero-order chi connectivity index (χ0) is 44.5. The lowest BCUT2D eigenvalue weighted by molar-refractivity contribution is -0.141. The molecule has 12 nitrogen and oxygen atoms in total. The molecule has 4 N–H and O–H groups in total. The number of amides is 2. The Morgan fingerprint density at radius 1 is 0.881 bits per heavy atom. The number of benzene rings is 2. The quantitative estimate of drug-likeness (QED) is 0.135. The van der Waals surface area contributed by atoms with Gasteiger partial charge >= 0.3 is 17.9 Å². The van der Waals surface area contributed by atoms with Crippen molar-refractivity contribution in [2.45, 2.75) is 49.6 Å². The van der Waals surface area contributed by atoms with E-state index in [-0.39, 0.29) is 33.2 Å². The largest absolute Gasteiger partial charge is 0.476 e. The van der Waals surface area contributed by atoms with Gasteiger partial charge < -0.3 is 16.4 Å². The molecule has 0 saturated carbocycles. The third-order valence-electron chi connectivity index (χ3n) is 7.31. The standard InChI is InChI=1S/C21H18Cl2F3N5O2.C12H4Cl2F6N4OS/c1-10(2)28-19(32)13-8-12(22)7-11(3)17(13)29-20(33)15-9-16(21(24,25)26)30-31(15)18-14(23)5-4-6-27-18;13-5-1-4(11(15,16)17)2-6(14)8(5)24-10(22)9(7(3-21)23-24)26(25)12(18,19)20/h4-10H,1-3H3,(H,28,32)(H,29,33);1-2H,22H2. The first kappa shape index (κ1) is 46.6. The molecular formula is C33H22Cl4F9N9O3S. The number of nitrogens with zero attached hydrogens (tertiary/aromatic N) is 6. The van der Waals surface area contributed by atoms with Gasteiger partial charge in [0.25, 0.3) is 11.8 Å². The topological polar surface area (TPSA) is 174 Å². The Hall–Kier alpha value is -5.08. The number of carbonyl (C=O) groups excluding carboxylic acids is 2. The van der Waals surface area contributed by atoms with Crippen molar-refractivity contribution in [2.75, 3.05) is 11.1 Å². The summed E-state index contributed by atoms with van der Waals surface area (Å²) < 4.78 is 129. The van der Waals surface area contributed by atoms with Gasteiger partial charge in [0.05, 0.1) is 31.9 Å². The first-order valence-corrected chi connectivity index (χ1v) is 18.4. The Labute approximate surface area is 348 Å². The highest BCUT2D eigenvalue weighted by atomic mass is 35.5. The number of nitrogens with two attached hydrogens (primary N) is 1. The number of nitriles is 1. The van der Waals surface area contributed by atoms with E-state index in [9.17, 15) is 53.3 Å². The summed E-state index contributed by atoms with van der Waals surface area (Å²) >= 11 is 23.6. The smallest absolute Gasteiger partial charge is 0.383 e. The Kier molecular flexibility index (Phi) is 13.9. The van der Waals surface area contributed by atoms with E-state index in [2.05, 4.69) is 25.8 Å². The van der Waals surface area contributed by atoms with E-state index in [4.69, 9.17) is 57.4 Å². The van der Waals surface area contributed by atoms with Gasteiger partial charge in [0.2, 0.25) is 0 Å². The molecule has 5 aromatic rings. The fourth-order valence-corrected chi connectivity index (χ4v) is 6.76. The van der Waals surface area contributed by atoms with E-state index < -0.39 is 89.6 Å². The van der Waals surface area contributed by atoms with E-state index in [0.29, 0.717) is 33.1 Å². The first-order valence-electron chi connectivity index (χ1n) is 15.7. The number of alkyl halides is 9. The Morgan fingerprint density at radius 3 is 2.00 bits per heavy atom. The molecular weight excluding hydrogens is 915 g/mol. The number of aromatic nitrogens is 5. The van der Waals surface area contributed by atoms with Crippen molar-refractivity contribution >= 4 is 80.5 Å². The van der Waals surface area contributed by atoms with Crippen LogP contribution in [0.4, 0.5) is 51.0 Å². The van der Waals surface area contributed by atoms with Crippen LogP contribution in [0.2, 0.25) is 20.1 Å². The maximum Gasteiger partial charge on any atom is 0.476 e. The van der Waals surface area contributed by atoms with Crippen molar-refractivity contribution in [3.05, 3.63) is 103 Å².